The van der Waals surface area contributed by atoms with Crippen LogP contribution in [-0.4, -0.2) is 39.0 Å². The fraction of sp³-hybridized carbons (Fsp3) is 0.300. The van der Waals surface area contributed by atoms with Crippen molar-refractivity contribution < 1.29 is 9.90 Å². The Bertz CT molecular complexity index is 409. The minimum absolute atomic E-state index is 0.145. The second-order valence-corrected chi connectivity index (χ2v) is 3.70. The summed E-state index contributed by atoms with van der Waals surface area (Å²) >= 11 is 4.75. The lowest BCUT2D eigenvalue weighted by Gasteiger charge is -2.20. The van der Waals surface area contributed by atoms with Crippen LogP contribution in [0.5, 0.6) is 5.75 Å². The Kier molecular flexibility index (Phi) is 4.19. The summed E-state index contributed by atoms with van der Waals surface area (Å²) in [5.41, 5.74) is 5.59. The number of likely N-dealkylation sites (N-methyl/N-ethyl adjacent to an activating group) is 1. The van der Waals surface area contributed by atoms with E-state index in [2.05, 4.69) is 4.98 Å². The van der Waals surface area contributed by atoms with Crippen LogP contribution < -0.4 is 5.73 Å². The molecule has 1 heterocycles. The molecule has 0 atom stereocenters. The molecule has 5 nitrogen and oxygen atoms in total. The summed E-state index contributed by atoms with van der Waals surface area (Å²) in [5.74, 6) is -0.455. The average Bonchev–Trinajstić information content (AvgIpc) is 2.25. The minimum Gasteiger partial charge on any atom is -0.505 e. The largest absolute Gasteiger partial charge is 0.505 e. The van der Waals surface area contributed by atoms with Gasteiger partial charge in [-0.15, -0.1) is 0 Å². The molecular formula is C10H13N3O2S. The van der Waals surface area contributed by atoms with E-state index in [1.54, 1.807) is 0 Å². The van der Waals surface area contributed by atoms with Crippen LogP contribution in [0.15, 0.2) is 18.5 Å². The van der Waals surface area contributed by atoms with E-state index in [0.29, 0.717) is 6.54 Å². The Morgan fingerprint density at radius 2 is 2.38 bits per heavy atom. The van der Waals surface area contributed by atoms with Gasteiger partial charge in [-0.25, -0.2) is 0 Å². The lowest BCUT2D eigenvalue weighted by Crippen LogP contribution is -2.37. The van der Waals surface area contributed by atoms with Gasteiger partial charge in [-0.2, -0.15) is 0 Å². The maximum absolute atomic E-state index is 12.0. The predicted octanol–water partition coefficient (Wildman–Crippen LogP) is 0.535. The first-order chi connectivity index (χ1) is 7.56. The van der Waals surface area contributed by atoms with E-state index in [4.69, 9.17) is 18.0 Å². The van der Waals surface area contributed by atoms with Crippen LogP contribution in [0.2, 0.25) is 0 Å². The first-order valence-electron chi connectivity index (χ1n) is 4.76. The monoisotopic (exact) mass is 239 g/mol. The van der Waals surface area contributed by atoms with Gasteiger partial charge >= 0.3 is 0 Å². The fourth-order valence-electron chi connectivity index (χ4n) is 1.25. The Labute approximate surface area is 98.9 Å². The Balaban J connectivity index is 2.91. The molecule has 0 fully saturated rings. The number of carbonyl (C=O) groups is 1. The quantitative estimate of drug-likeness (QED) is 0.749. The number of aromatic hydroxyl groups is 1. The van der Waals surface area contributed by atoms with Crippen molar-refractivity contribution in [1.82, 2.24) is 9.88 Å². The zero-order valence-electron chi connectivity index (χ0n) is 8.88. The van der Waals surface area contributed by atoms with Gasteiger partial charge in [-0.05, 0) is 13.0 Å². The molecule has 16 heavy (non-hydrogen) atoms. The summed E-state index contributed by atoms with van der Waals surface area (Å²) in [4.78, 5) is 17.4. The fourth-order valence-corrected chi connectivity index (χ4v) is 1.41. The summed E-state index contributed by atoms with van der Waals surface area (Å²) in [6, 6.07) is 1.46. The van der Waals surface area contributed by atoms with Gasteiger partial charge in [0.05, 0.1) is 23.3 Å². The second-order valence-electron chi connectivity index (χ2n) is 3.18. The third-order valence-electron chi connectivity index (χ3n) is 2.05. The molecule has 0 aromatic carbocycles. The molecule has 1 amide bonds. The van der Waals surface area contributed by atoms with E-state index >= 15 is 0 Å². The van der Waals surface area contributed by atoms with Crippen LogP contribution in [0.3, 0.4) is 0 Å². The van der Waals surface area contributed by atoms with Crippen molar-refractivity contribution in [3.8, 4) is 5.75 Å². The van der Waals surface area contributed by atoms with Crippen molar-refractivity contribution >= 4 is 23.1 Å². The summed E-state index contributed by atoms with van der Waals surface area (Å²) in [6.07, 6.45) is 2.67. The maximum Gasteiger partial charge on any atom is 0.258 e. The zero-order chi connectivity index (χ0) is 12.1. The molecule has 0 radical (unpaired) electrons. The van der Waals surface area contributed by atoms with Crippen LogP contribution in [0, 0.1) is 0 Å². The highest BCUT2D eigenvalue weighted by molar-refractivity contribution is 7.80. The highest BCUT2D eigenvalue weighted by Crippen LogP contribution is 2.16. The third-order valence-corrected chi connectivity index (χ3v) is 2.18. The summed E-state index contributed by atoms with van der Waals surface area (Å²) < 4.78 is 0. The van der Waals surface area contributed by atoms with Crippen molar-refractivity contribution in [3.63, 3.8) is 0 Å². The van der Waals surface area contributed by atoms with Crippen LogP contribution in [0.25, 0.3) is 0 Å². The molecule has 3 N–H and O–H groups in total. The number of rotatable bonds is 4. The van der Waals surface area contributed by atoms with Crippen molar-refractivity contribution in [1.29, 1.82) is 0 Å². The van der Waals surface area contributed by atoms with Gasteiger partial charge in [0.2, 0.25) is 0 Å². The molecular weight excluding hydrogens is 226 g/mol. The predicted molar refractivity (Wildman–Crippen MR) is 64.3 cm³/mol. The Morgan fingerprint density at radius 3 is 2.88 bits per heavy atom. The first-order valence-corrected chi connectivity index (χ1v) is 5.17. The zero-order valence-corrected chi connectivity index (χ0v) is 9.70. The lowest BCUT2D eigenvalue weighted by atomic mass is 10.2. The lowest BCUT2D eigenvalue weighted by molar-refractivity contribution is 0.0784. The molecule has 1 rings (SSSR count). The van der Waals surface area contributed by atoms with Crippen molar-refractivity contribution in [2.24, 2.45) is 5.73 Å². The molecule has 0 unspecified atom stereocenters. The number of aromatic nitrogens is 1. The molecule has 0 aliphatic heterocycles. The van der Waals surface area contributed by atoms with Gasteiger partial charge in [0, 0.05) is 12.7 Å². The normalized spacial score (nSPS) is 9.81. The highest BCUT2D eigenvalue weighted by atomic mass is 32.1. The second kappa shape index (κ2) is 5.41. The molecule has 0 saturated heterocycles. The van der Waals surface area contributed by atoms with Crippen LogP contribution in [0.4, 0.5) is 0 Å². The van der Waals surface area contributed by atoms with E-state index in [-0.39, 0.29) is 28.8 Å². The summed E-state index contributed by atoms with van der Waals surface area (Å²) in [7, 11) is 0. The topological polar surface area (TPSA) is 79.5 Å². The molecule has 0 aliphatic carbocycles. The highest BCUT2D eigenvalue weighted by Gasteiger charge is 2.17. The summed E-state index contributed by atoms with van der Waals surface area (Å²) in [5, 5.41) is 9.49. The standard InChI is InChI=1S/C10H13N3O2S/c1-2-13(6-9(11)16)10(15)7-3-4-12-5-8(7)14/h3-5,14H,2,6H2,1H3,(H2,11,16). The molecule has 0 bridgehead atoms. The Morgan fingerprint density at radius 1 is 1.69 bits per heavy atom. The molecule has 1 aromatic rings. The molecule has 0 aliphatic rings. The molecule has 0 saturated carbocycles. The van der Waals surface area contributed by atoms with Gasteiger partial charge < -0.3 is 15.7 Å². The number of pyridine rings is 1. The summed E-state index contributed by atoms with van der Waals surface area (Å²) in [6.45, 7) is 2.48. The number of hydrogen-bond donors (Lipinski definition) is 2. The van der Waals surface area contributed by atoms with E-state index in [1.807, 2.05) is 6.92 Å². The number of carbonyl (C=O) groups excluding carboxylic acids is 1. The number of thiocarbonyl (C=S) groups is 1. The minimum atomic E-state index is -0.310. The number of nitrogens with two attached hydrogens (primary N) is 1. The van der Waals surface area contributed by atoms with E-state index in [0.717, 1.165) is 0 Å². The van der Waals surface area contributed by atoms with E-state index in [1.165, 1.54) is 23.4 Å². The van der Waals surface area contributed by atoms with Gasteiger partial charge in [0.1, 0.15) is 5.75 Å². The van der Waals surface area contributed by atoms with Gasteiger partial charge in [0.25, 0.3) is 5.91 Å². The Hall–Kier alpha value is -1.69. The third kappa shape index (κ3) is 2.90. The van der Waals surface area contributed by atoms with Crippen molar-refractivity contribution in [2.45, 2.75) is 6.92 Å². The SMILES string of the molecule is CCN(CC(N)=S)C(=O)c1ccncc1O. The molecule has 0 spiro atoms. The van der Waals surface area contributed by atoms with Crippen LogP contribution in [-0.2, 0) is 0 Å². The van der Waals surface area contributed by atoms with Gasteiger partial charge in [-0.3, -0.25) is 9.78 Å². The van der Waals surface area contributed by atoms with Gasteiger partial charge in [-0.1, -0.05) is 12.2 Å². The number of hydrogen-bond acceptors (Lipinski definition) is 4. The smallest absolute Gasteiger partial charge is 0.258 e. The van der Waals surface area contributed by atoms with Crippen LogP contribution >= 0.6 is 12.2 Å². The molecule has 6 heteroatoms. The van der Waals surface area contributed by atoms with Crippen molar-refractivity contribution in [2.75, 3.05) is 13.1 Å². The maximum atomic E-state index is 12.0. The molecule has 86 valence electrons. The van der Waals surface area contributed by atoms with E-state index in [9.17, 15) is 9.90 Å². The number of amides is 1. The van der Waals surface area contributed by atoms with E-state index < -0.39 is 0 Å². The average molecular weight is 239 g/mol. The van der Waals surface area contributed by atoms with Gasteiger partial charge in [0.15, 0.2) is 0 Å². The molecule has 1 aromatic heterocycles. The van der Waals surface area contributed by atoms with Crippen LogP contribution in [0.1, 0.15) is 17.3 Å². The first kappa shape index (κ1) is 12.4. The number of nitrogens with zero attached hydrogens (tertiary/aromatic N) is 2. The van der Waals surface area contributed by atoms with Crippen molar-refractivity contribution in [3.05, 3.63) is 24.0 Å².